The van der Waals surface area contributed by atoms with Crippen molar-refractivity contribution in [2.75, 3.05) is 51.6 Å². The van der Waals surface area contributed by atoms with Crippen LogP contribution in [0.2, 0.25) is 0 Å². The predicted molar refractivity (Wildman–Crippen MR) is 140 cm³/mol. The Morgan fingerprint density at radius 3 is 2.47 bits per heavy atom. The molecule has 3 atom stereocenters. The van der Waals surface area contributed by atoms with Crippen molar-refractivity contribution in [1.82, 2.24) is 9.80 Å². The van der Waals surface area contributed by atoms with Gasteiger partial charge in [0.1, 0.15) is 12.4 Å². The fourth-order valence-electron chi connectivity index (χ4n) is 4.53. The maximum atomic E-state index is 13.7. The van der Waals surface area contributed by atoms with Gasteiger partial charge in [0.15, 0.2) is 11.5 Å². The number of hydrogen-bond acceptors (Lipinski definition) is 8. The molecule has 1 N–H and O–H groups in total. The maximum absolute atomic E-state index is 13.7. The Labute approximate surface area is 222 Å². The third kappa shape index (κ3) is 6.13. The van der Waals surface area contributed by atoms with E-state index in [1.165, 1.54) is 23.1 Å². The second-order valence-electron chi connectivity index (χ2n) is 9.71. The van der Waals surface area contributed by atoms with Crippen molar-refractivity contribution < 1.29 is 37.0 Å². The Morgan fingerprint density at radius 2 is 1.76 bits per heavy atom. The molecule has 0 spiro atoms. The first-order valence-corrected chi connectivity index (χ1v) is 14.1. The monoisotopic (exact) mass is 547 g/mol. The lowest BCUT2D eigenvalue weighted by atomic mass is 10.0. The summed E-state index contributed by atoms with van der Waals surface area (Å²) in [6.45, 7) is 4.63. The summed E-state index contributed by atoms with van der Waals surface area (Å²) in [6, 6.07) is 9.18. The number of sulfonamides is 1. The number of nitrogens with one attached hydrogen (secondary N) is 1. The fraction of sp³-hybridized carbons (Fsp3) is 0.462. The van der Waals surface area contributed by atoms with E-state index in [0.717, 1.165) is 6.26 Å². The molecule has 2 aromatic carbocycles. The highest BCUT2D eigenvalue weighted by Crippen LogP contribution is 2.33. The molecule has 38 heavy (non-hydrogen) atoms. The van der Waals surface area contributed by atoms with E-state index in [9.17, 15) is 18.0 Å². The molecule has 0 unspecified atom stereocenters. The lowest BCUT2D eigenvalue weighted by Crippen LogP contribution is -2.48. The molecule has 0 saturated carbocycles. The number of carbonyl (C=O) groups is 2. The third-order valence-electron chi connectivity index (χ3n) is 6.63. The lowest BCUT2D eigenvalue weighted by Gasteiger charge is -2.36. The normalized spacial score (nSPS) is 22.1. The molecule has 2 heterocycles. The minimum absolute atomic E-state index is 0.0625. The molecule has 0 radical (unpaired) electrons. The minimum Gasteiger partial charge on any atom is -0.491 e. The van der Waals surface area contributed by atoms with Gasteiger partial charge >= 0.3 is 0 Å². The van der Waals surface area contributed by atoms with Gasteiger partial charge in [-0.3, -0.25) is 14.3 Å². The Hall–Kier alpha value is -3.51. The number of amides is 2. The van der Waals surface area contributed by atoms with Crippen LogP contribution in [0.15, 0.2) is 36.4 Å². The molecule has 0 aromatic heterocycles. The number of carbonyl (C=O) groups excluding carboxylic acids is 2. The zero-order valence-corrected chi connectivity index (χ0v) is 22.9. The van der Waals surface area contributed by atoms with E-state index < -0.39 is 16.1 Å². The van der Waals surface area contributed by atoms with Crippen LogP contribution in [-0.2, 0) is 14.8 Å². The van der Waals surface area contributed by atoms with E-state index >= 15 is 0 Å². The van der Waals surface area contributed by atoms with Crippen molar-refractivity contribution in [2.45, 2.75) is 26.0 Å². The van der Waals surface area contributed by atoms with Crippen molar-refractivity contribution in [3.05, 3.63) is 47.5 Å². The topological polar surface area (TPSA) is 124 Å². The lowest BCUT2D eigenvalue weighted by molar-refractivity contribution is 0.0111. The number of likely N-dealkylation sites (N-methyl/N-ethyl adjacent to an activating group) is 1. The van der Waals surface area contributed by atoms with Gasteiger partial charge in [-0.25, -0.2) is 8.42 Å². The molecular weight excluding hydrogens is 514 g/mol. The smallest absolute Gasteiger partial charge is 0.257 e. The van der Waals surface area contributed by atoms with Crippen LogP contribution in [0.4, 0.5) is 5.69 Å². The standard InChI is InChI=1S/C26H33N3O8S/c1-16-12-29(25(30)18-6-9-21-23(10-18)37-15-36-21)17(2)14-35-22-11-19(27-38(5,32)33)7-8-20(22)26(31)28(3)13-24(16)34-4/h6-11,16-17,24,27H,12-15H2,1-5H3/t16-,17-,24-/m0/s1. The Kier molecular flexibility index (Phi) is 8.02. The fourth-order valence-corrected chi connectivity index (χ4v) is 5.08. The van der Waals surface area contributed by atoms with Gasteiger partial charge in [0, 0.05) is 44.8 Å². The van der Waals surface area contributed by atoms with E-state index in [0.29, 0.717) is 23.6 Å². The van der Waals surface area contributed by atoms with E-state index in [1.807, 2.05) is 13.8 Å². The van der Waals surface area contributed by atoms with Crippen LogP contribution in [0.3, 0.4) is 0 Å². The summed E-state index contributed by atoms with van der Waals surface area (Å²) in [5.74, 6) is 0.687. The van der Waals surface area contributed by atoms with E-state index in [2.05, 4.69) is 4.72 Å². The highest BCUT2D eigenvalue weighted by atomic mass is 32.2. The maximum Gasteiger partial charge on any atom is 0.257 e. The summed E-state index contributed by atoms with van der Waals surface area (Å²) in [6.07, 6.45) is 0.693. The molecule has 0 aliphatic carbocycles. The second kappa shape index (κ2) is 11.1. The van der Waals surface area contributed by atoms with Crippen LogP contribution in [-0.4, -0.2) is 89.1 Å². The van der Waals surface area contributed by atoms with E-state index in [-0.39, 0.29) is 60.8 Å². The van der Waals surface area contributed by atoms with Gasteiger partial charge < -0.3 is 28.7 Å². The highest BCUT2D eigenvalue weighted by molar-refractivity contribution is 7.92. The van der Waals surface area contributed by atoms with Crippen molar-refractivity contribution in [1.29, 1.82) is 0 Å². The van der Waals surface area contributed by atoms with E-state index in [4.69, 9.17) is 18.9 Å². The molecule has 2 aromatic rings. The van der Waals surface area contributed by atoms with Crippen molar-refractivity contribution in [2.24, 2.45) is 5.92 Å². The van der Waals surface area contributed by atoms with Crippen LogP contribution < -0.4 is 18.9 Å². The van der Waals surface area contributed by atoms with Gasteiger partial charge in [-0.2, -0.15) is 0 Å². The van der Waals surface area contributed by atoms with Gasteiger partial charge in [-0.05, 0) is 37.3 Å². The van der Waals surface area contributed by atoms with Gasteiger partial charge in [-0.15, -0.1) is 0 Å². The van der Waals surface area contributed by atoms with Gasteiger partial charge in [0.25, 0.3) is 11.8 Å². The van der Waals surface area contributed by atoms with Crippen LogP contribution in [0.1, 0.15) is 34.6 Å². The molecule has 12 heteroatoms. The zero-order valence-electron chi connectivity index (χ0n) is 22.1. The van der Waals surface area contributed by atoms with Crippen LogP contribution in [0, 0.1) is 5.92 Å². The van der Waals surface area contributed by atoms with Crippen molar-refractivity contribution in [3.63, 3.8) is 0 Å². The molecule has 11 nitrogen and oxygen atoms in total. The quantitative estimate of drug-likeness (QED) is 0.619. The van der Waals surface area contributed by atoms with Gasteiger partial charge in [0.2, 0.25) is 16.8 Å². The summed E-state index contributed by atoms with van der Waals surface area (Å²) < 4.78 is 48.6. The first-order valence-electron chi connectivity index (χ1n) is 12.2. The minimum atomic E-state index is -3.54. The number of hydrogen-bond donors (Lipinski definition) is 1. The third-order valence-corrected chi connectivity index (χ3v) is 7.24. The number of methoxy groups -OCH3 is 1. The number of rotatable bonds is 4. The first kappa shape index (κ1) is 27.5. The van der Waals surface area contributed by atoms with Crippen molar-refractivity contribution >= 4 is 27.5 Å². The molecule has 0 saturated heterocycles. The second-order valence-corrected chi connectivity index (χ2v) is 11.5. The number of ether oxygens (including phenoxy) is 4. The Balaban J connectivity index is 1.69. The molecule has 2 aliphatic heterocycles. The number of anilines is 1. The Bertz CT molecular complexity index is 1320. The summed E-state index contributed by atoms with van der Waals surface area (Å²) in [7, 11) is -0.294. The zero-order chi connectivity index (χ0) is 27.6. The molecular formula is C26H33N3O8S. The largest absolute Gasteiger partial charge is 0.491 e. The predicted octanol–water partition coefficient (Wildman–Crippen LogP) is 2.43. The van der Waals surface area contributed by atoms with Crippen LogP contribution >= 0.6 is 0 Å². The summed E-state index contributed by atoms with van der Waals surface area (Å²) >= 11 is 0. The number of benzene rings is 2. The number of nitrogens with zero attached hydrogens (tertiary/aromatic N) is 2. The average Bonchev–Trinajstić information content (AvgIpc) is 3.34. The number of fused-ring (bicyclic) bond motifs is 2. The average molecular weight is 548 g/mol. The molecule has 4 rings (SSSR count). The molecule has 206 valence electrons. The van der Waals surface area contributed by atoms with Crippen LogP contribution in [0.5, 0.6) is 17.2 Å². The highest BCUT2D eigenvalue weighted by Gasteiger charge is 2.31. The molecule has 0 bridgehead atoms. The molecule has 0 fully saturated rings. The van der Waals surface area contributed by atoms with Gasteiger partial charge in [0.05, 0.1) is 29.7 Å². The van der Waals surface area contributed by atoms with Gasteiger partial charge in [-0.1, -0.05) is 6.92 Å². The SMILES string of the molecule is CO[C@H]1CN(C)C(=O)c2ccc(NS(C)(=O)=O)cc2OC[C@H](C)N(C(=O)c2ccc3c(c2)OCO3)C[C@@H]1C. The summed E-state index contributed by atoms with van der Waals surface area (Å²) in [5, 5.41) is 0. The van der Waals surface area contributed by atoms with E-state index in [1.54, 1.807) is 37.3 Å². The summed E-state index contributed by atoms with van der Waals surface area (Å²) in [5.41, 5.74) is 0.982. The van der Waals surface area contributed by atoms with Crippen molar-refractivity contribution in [3.8, 4) is 17.2 Å². The van der Waals surface area contributed by atoms with Crippen LogP contribution in [0.25, 0.3) is 0 Å². The first-order chi connectivity index (χ1) is 18.0. The molecule has 2 aliphatic rings. The molecule has 2 amide bonds. The Morgan fingerprint density at radius 1 is 1.03 bits per heavy atom. The summed E-state index contributed by atoms with van der Waals surface area (Å²) in [4.78, 5) is 30.3.